The number of aromatic amines is 1. The van der Waals surface area contributed by atoms with Gasteiger partial charge in [-0.1, -0.05) is 6.07 Å². The summed E-state index contributed by atoms with van der Waals surface area (Å²) in [5, 5.41) is 15.4. The molecule has 0 aliphatic carbocycles. The highest BCUT2D eigenvalue weighted by Crippen LogP contribution is 2.31. The Morgan fingerprint density at radius 2 is 2.08 bits per heavy atom. The van der Waals surface area contributed by atoms with E-state index in [4.69, 9.17) is 13.9 Å². The molecule has 0 fully saturated rings. The van der Waals surface area contributed by atoms with Gasteiger partial charge in [0.2, 0.25) is 0 Å². The van der Waals surface area contributed by atoms with Gasteiger partial charge in [-0.2, -0.15) is 0 Å². The van der Waals surface area contributed by atoms with E-state index in [1.165, 1.54) is 0 Å². The highest BCUT2D eigenvalue weighted by Gasteiger charge is 2.31. The van der Waals surface area contributed by atoms with Gasteiger partial charge in [0.05, 0.1) is 33.1 Å². The minimum absolute atomic E-state index is 0.213. The first kappa shape index (κ1) is 23.9. The maximum absolute atomic E-state index is 13.5. The minimum Gasteiger partial charge on any atom is -0.497 e. The molecule has 1 N–H and O–H groups in total. The van der Waals surface area contributed by atoms with Gasteiger partial charge < -0.3 is 18.9 Å². The van der Waals surface area contributed by atoms with Crippen molar-refractivity contribution < 1.29 is 13.9 Å². The molecule has 0 bridgehead atoms. The van der Waals surface area contributed by atoms with Crippen molar-refractivity contribution in [2.24, 2.45) is 0 Å². The zero-order valence-corrected chi connectivity index (χ0v) is 20.8. The second-order valence-electron chi connectivity index (χ2n) is 8.23. The van der Waals surface area contributed by atoms with Crippen LogP contribution in [0.1, 0.15) is 28.1 Å². The molecule has 0 saturated carbocycles. The van der Waals surface area contributed by atoms with Gasteiger partial charge >= 0.3 is 0 Å². The molecule has 0 spiro atoms. The fourth-order valence-electron chi connectivity index (χ4n) is 4.22. The third kappa shape index (κ3) is 5.08. The first-order valence-electron chi connectivity index (χ1n) is 11.4. The predicted octanol–water partition coefficient (Wildman–Crippen LogP) is 3.62. The van der Waals surface area contributed by atoms with Crippen LogP contribution in [0, 0.1) is 0 Å². The van der Waals surface area contributed by atoms with Crippen LogP contribution in [0.15, 0.2) is 69.4 Å². The molecule has 4 aromatic heterocycles. The lowest BCUT2D eigenvalue weighted by Crippen LogP contribution is -2.34. The molecule has 0 saturated heterocycles. The number of benzene rings is 1. The van der Waals surface area contributed by atoms with Gasteiger partial charge in [-0.25, -0.2) is 4.68 Å². The van der Waals surface area contributed by atoms with E-state index in [1.54, 1.807) is 36.5 Å². The Kier molecular flexibility index (Phi) is 7.21. The smallest absolute Gasteiger partial charge is 0.253 e. The molecule has 1 aromatic carbocycles. The van der Waals surface area contributed by atoms with Crippen LogP contribution in [0.25, 0.3) is 10.9 Å². The summed E-state index contributed by atoms with van der Waals surface area (Å²) in [5.74, 6) is 2.02. The lowest BCUT2D eigenvalue weighted by Gasteiger charge is -2.30. The molecule has 0 aliphatic heterocycles. The van der Waals surface area contributed by atoms with Crippen LogP contribution >= 0.6 is 11.3 Å². The van der Waals surface area contributed by atoms with Crippen LogP contribution < -0.4 is 10.3 Å². The molecule has 0 amide bonds. The monoisotopic (exact) mass is 506 g/mol. The Bertz CT molecular complexity index is 1430. The van der Waals surface area contributed by atoms with Crippen molar-refractivity contribution in [2.45, 2.75) is 25.7 Å². The lowest BCUT2D eigenvalue weighted by atomic mass is 10.0. The number of nitrogens with zero attached hydrogens (tertiary/aromatic N) is 5. The maximum atomic E-state index is 13.5. The topological polar surface area (TPSA) is 111 Å². The van der Waals surface area contributed by atoms with Crippen molar-refractivity contribution in [3.05, 3.63) is 92.6 Å². The summed E-state index contributed by atoms with van der Waals surface area (Å²) in [7, 11) is 3.25. The SMILES string of the molecule is COCCn1nnnc1[C@@H](c1cc2cc(OC)ccc2[nH]c1=O)N(Cc1ccco1)Cc1cccs1. The third-order valence-corrected chi connectivity index (χ3v) is 6.79. The number of rotatable bonds is 11. The highest BCUT2D eigenvalue weighted by atomic mass is 32.1. The zero-order valence-electron chi connectivity index (χ0n) is 20.0. The number of furan rings is 1. The minimum atomic E-state index is -0.566. The van der Waals surface area contributed by atoms with E-state index in [-0.39, 0.29) is 5.56 Å². The van der Waals surface area contributed by atoms with Crippen LogP contribution in [-0.2, 0) is 24.4 Å². The summed E-state index contributed by atoms with van der Waals surface area (Å²) in [4.78, 5) is 19.8. The molecule has 0 radical (unpaired) electrons. The maximum Gasteiger partial charge on any atom is 0.253 e. The van der Waals surface area contributed by atoms with Crippen LogP contribution in [0.3, 0.4) is 0 Å². The average Bonchev–Trinajstić information content (AvgIpc) is 3.67. The molecule has 11 heteroatoms. The van der Waals surface area contributed by atoms with Crippen LogP contribution in [0.2, 0.25) is 0 Å². The molecular weight excluding hydrogens is 480 g/mol. The molecule has 10 nitrogen and oxygen atoms in total. The quantitative estimate of drug-likeness (QED) is 0.289. The third-order valence-electron chi connectivity index (χ3n) is 5.93. The fourth-order valence-corrected chi connectivity index (χ4v) is 4.95. The van der Waals surface area contributed by atoms with Crippen LogP contribution in [0.5, 0.6) is 5.75 Å². The first-order valence-corrected chi connectivity index (χ1v) is 12.3. The fraction of sp³-hybridized carbons (Fsp3) is 0.280. The Balaban J connectivity index is 1.68. The number of fused-ring (bicyclic) bond motifs is 1. The highest BCUT2D eigenvalue weighted by molar-refractivity contribution is 7.09. The van der Waals surface area contributed by atoms with Crippen LogP contribution in [-0.4, -0.2) is 50.9 Å². The molecule has 5 rings (SSSR count). The normalized spacial score (nSPS) is 12.4. The van der Waals surface area contributed by atoms with E-state index < -0.39 is 6.04 Å². The molecule has 5 aromatic rings. The molecule has 0 aliphatic rings. The molecule has 1 atom stereocenters. The summed E-state index contributed by atoms with van der Waals surface area (Å²) in [5.41, 5.74) is 1.03. The van der Waals surface area contributed by atoms with Gasteiger partial charge in [0, 0.05) is 35.0 Å². The number of thiophene rings is 1. The standard InChI is InChI=1S/C25H26N6O4S/c1-33-11-9-31-24(27-28-29-31)23(21-14-17-13-18(34-2)7-8-22(17)26-25(21)32)30(15-19-5-3-10-35-19)16-20-6-4-12-36-20/h3-8,10,12-14,23H,9,11,15-16H2,1-2H3,(H,26,32)/t23-/m1/s1. The Labute approximate surface area is 211 Å². The number of ether oxygens (including phenoxy) is 2. The average molecular weight is 507 g/mol. The van der Waals surface area contributed by atoms with E-state index >= 15 is 0 Å². The van der Waals surface area contributed by atoms with Crippen molar-refractivity contribution in [2.75, 3.05) is 20.8 Å². The van der Waals surface area contributed by atoms with Crippen molar-refractivity contribution >= 4 is 22.2 Å². The van der Waals surface area contributed by atoms with Gasteiger partial charge in [0.1, 0.15) is 17.6 Å². The molecule has 4 heterocycles. The van der Waals surface area contributed by atoms with E-state index in [1.807, 2.05) is 47.8 Å². The number of tetrazole rings is 1. The van der Waals surface area contributed by atoms with E-state index in [0.29, 0.717) is 43.4 Å². The zero-order chi connectivity index (χ0) is 24.9. The predicted molar refractivity (Wildman–Crippen MR) is 135 cm³/mol. The Morgan fingerprint density at radius 1 is 1.17 bits per heavy atom. The van der Waals surface area contributed by atoms with E-state index in [0.717, 1.165) is 21.5 Å². The number of nitrogens with one attached hydrogen (secondary N) is 1. The van der Waals surface area contributed by atoms with Gasteiger partial charge in [-0.3, -0.25) is 9.69 Å². The summed E-state index contributed by atoms with van der Waals surface area (Å²) in [6.45, 7) is 1.89. The number of methoxy groups -OCH3 is 2. The molecule has 0 unspecified atom stereocenters. The largest absolute Gasteiger partial charge is 0.497 e. The van der Waals surface area contributed by atoms with Gasteiger partial charge in [0.25, 0.3) is 5.56 Å². The first-order chi connectivity index (χ1) is 17.7. The number of pyridine rings is 1. The van der Waals surface area contributed by atoms with Crippen molar-refractivity contribution in [1.29, 1.82) is 0 Å². The van der Waals surface area contributed by atoms with Crippen molar-refractivity contribution in [1.82, 2.24) is 30.1 Å². The summed E-state index contributed by atoms with van der Waals surface area (Å²) in [6, 6.07) is 14.7. The van der Waals surface area contributed by atoms with Gasteiger partial charge in [-0.15, -0.1) is 16.4 Å². The van der Waals surface area contributed by atoms with Gasteiger partial charge in [0.15, 0.2) is 5.82 Å². The van der Waals surface area contributed by atoms with Gasteiger partial charge in [-0.05, 0) is 58.3 Å². The number of hydrogen-bond donors (Lipinski definition) is 1. The molecular formula is C25H26N6O4S. The summed E-state index contributed by atoms with van der Waals surface area (Å²) < 4.78 is 18.1. The molecule has 186 valence electrons. The second kappa shape index (κ2) is 10.9. The number of hydrogen-bond acceptors (Lipinski definition) is 9. The van der Waals surface area contributed by atoms with Crippen molar-refractivity contribution in [3.8, 4) is 5.75 Å². The van der Waals surface area contributed by atoms with Crippen molar-refractivity contribution in [3.63, 3.8) is 0 Å². The second-order valence-corrected chi connectivity index (χ2v) is 9.26. The number of aromatic nitrogens is 5. The van der Waals surface area contributed by atoms with E-state index in [2.05, 4.69) is 31.5 Å². The van der Waals surface area contributed by atoms with Crippen LogP contribution in [0.4, 0.5) is 0 Å². The Morgan fingerprint density at radius 3 is 2.83 bits per heavy atom. The summed E-state index contributed by atoms with van der Waals surface area (Å²) >= 11 is 1.65. The molecule has 36 heavy (non-hydrogen) atoms. The Hall–Kier alpha value is -3.80. The number of H-pyrrole nitrogens is 1. The lowest BCUT2D eigenvalue weighted by molar-refractivity contribution is 0.164. The van der Waals surface area contributed by atoms with E-state index in [9.17, 15) is 4.79 Å². The summed E-state index contributed by atoms with van der Waals surface area (Å²) in [6.07, 6.45) is 1.64.